The summed E-state index contributed by atoms with van der Waals surface area (Å²) < 4.78 is 13.2. The highest BCUT2D eigenvalue weighted by molar-refractivity contribution is 7.15. The fourth-order valence-corrected chi connectivity index (χ4v) is 4.08. The first kappa shape index (κ1) is 16.5. The van der Waals surface area contributed by atoms with Gasteiger partial charge in [0.15, 0.2) is 5.13 Å². The molecular formula is C17H15ClFN3O2S. The van der Waals surface area contributed by atoms with Crippen molar-refractivity contribution < 1.29 is 14.0 Å². The molecule has 1 aliphatic carbocycles. The van der Waals surface area contributed by atoms with E-state index in [1.807, 2.05) is 0 Å². The van der Waals surface area contributed by atoms with E-state index in [1.165, 1.54) is 23.5 Å². The lowest BCUT2D eigenvalue weighted by Crippen LogP contribution is -2.35. The number of thiazole rings is 1. The Labute approximate surface area is 152 Å². The van der Waals surface area contributed by atoms with Crippen LogP contribution in [0.2, 0.25) is 5.02 Å². The largest absolute Gasteiger partial charge is 0.333 e. The van der Waals surface area contributed by atoms with Gasteiger partial charge < -0.3 is 10.2 Å². The quantitative estimate of drug-likeness (QED) is 0.888. The number of hydrogen-bond donors (Lipinski definition) is 1. The van der Waals surface area contributed by atoms with E-state index in [1.54, 1.807) is 4.90 Å². The lowest BCUT2D eigenvalue weighted by Gasteiger charge is -2.26. The summed E-state index contributed by atoms with van der Waals surface area (Å²) in [5, 5.41) is 3.56. The van der Waals surface area contributed by atoms with E-state index in [0.717, 1.165) is 29.5 Å². The smallest absolute Gasteiger partial charge is 0.255 e. The van der Waals surface area contributed by atoms with Crippen molar-refractivity contribution >= 4 is 39.9 Å². The molecule has 0 saturated heterocycles. The van der Waals surface area contributed by atoms with Gasteiger partial charge in [0.1, 0.15) is 5.82 Å². The molecule has 1 aliphatic heterocycles. The summed E-state index contributed by atoms with van der Waals surface area (Å²) in [5.41, 5.74) is 1.21. The van der Waals surface area contributed by atoms with Gasteiger partial charge in [-0.3, -0.25) is 9.59 Å². The maximum absolute atomic E-state index is 13.2. The number of rotatable bonds is 3. The van der Waals surface area contributed by atoms with Crippen LogP contribution in [0.15, 0.2) is 18.2 Å². The highest BCUT2D eigenvalue weighted by Gasteiger charge is 2.31. The third-order valence-corrected chi connectivity index (χ3v) is 5.67. The second-order valence-corrected chi connectivity index (χ2v) is 7.74. The van der Waals surface area contributed by atoms with E-state index < -0.39 is 5.82 Å². The minimum Gasteiger partial charge on any atom is -0.333 e. The number of halogens is 2. The first-order valence-electron chi connectivity index (χ1n) is 8.05. The van der Waals surface area contributed by atoms with Crippen molar-refractivity contribution in [1.29, 1.82) is 0 Å². The van der Waals surface area contributed by atoms with Gasteiger partial charge in [0.2, 0.25) is 5.91 Å². The highest BCUT2D eigenvalue weighted by Crippen LogP contribution is 2.33. The molecule has 0 spiro atoms. The molecule has 1 N–H and O–H groups in total. The molecule has 1 fully saturated rings. The Morgan fingerprint density at radius 1 is 1.36 bits per heavy atom. The average Bonchev–Trinajstić information content (AvgIpc) is 3.34. The number of amides is 2. The van der Waals surface area contributed by atoms with Crippen molar-refractivity contribution in [1.82, 2.24) is 9.88 Å². The molecule has 0 bridgehead atoms. The van der Waals surface area contributed by atoms with Crippen molar-refractivity contribution in [2.24, 2.45) is 5.92 Å². The maximum atomic E-state index is 13.2. The molecule has 0 radical (unpaired) electrons. The Balaban J connectivity index is 1.49. The Morgan fingerprint density at radius 3 is 2.88 bits per heavy atom. The summed E-state index contributed by atoms with van der Waals surface area (Å²) >= 11 is 7.40. The van der Waals surface area contributed by atoms with Crippen LogP contribution >= 0.6 is 22.9 Å². The Kier molecular flexibility index (Phi) is 4.21. The number of carbonyl (C=O) groups excluding carboxylic acids is 2. The van der Waals surface area contributed by atoms with E-state index in [-0.39, 0.29) is 22.8 Å². The number of anilines is 1. The zero-order valence-electron chi connectivity index (χ0n) is 13.2. The predicted octanol–water partition coefficient (Wildman–Crippen LogP) is 3.48. The number of benzene rings is 1. The predicted molar refractivity (Wildman–Crippen MR) is 93.3 cm³/mol. The van der Waals surface area contributed by atoms with E-state index in [0.29, 0.717) is 30.2 Å². The van der Waals surface area contributed by atoms with Gasteiger partial charge in [-0.1, -0.05) is 22.9 Å². The summed E-state index contributed by atoms with van der Waals surface area (Å²) in [7, 11) is 0. The molecule has 5 nitrogen and oxygen atoms in total. The topological polar surface area (TPSA) is 62.3 Å². The number of carbonyl (C=O) groups is 2. The van der Waals surface area contributed by atoms with Crippen molar-refractivity contribution in [3.8, 4) is 0 Å². The monoisotopic (exact) mass is 379 g/mol. The van der Waals surface area contributed by atoms with Crippen LogP contribution in [-0.2, 0) is 17.8 Å². The molecule has 1 aromatic heterocycles. The van der Waals surface area contributed by atoms with Gasteiger partial charge in [-0.2, -0.15) is 0 Å². The zero-order chi connectivity index (χ0) is 17.6. The molecule has 0 atom stereocenters. The summed E-state index contributed by atoms with van der Waals surface area (Å²) in [6.45, 7) is 0.929. The van der Waals surface area contributed by atoms with Crippen LogP contribution < -0.4 is 5.32 Å². The molecule has 2 aromatic rings. The van der Waals surface area contributed by atoms with Crippen LogP contribution in [-0.4, -0.2) is 28.2 Å². The van der Waals surface area contributed by atoms with Gasteiger partial charge in [-0.25, -0.2) is 9.37 Å². The summed E-state index contributed by atoms with van der Waals surface area (Å²) in [6.07, 6.45) is 2.50. The van der Waals surface area contributed by atoms with Gasteiger partial charge in [0.05, 0.1) is 22.8 Å². The van der Waals surface area contributed by atoms with Crippen molar-refractivity contribution in [3.05, 3.63) is 45.2 Å². The second-order valence-electron chi connectivity index (χ2n) is 6.25. The molecule has 1 aromatic carbocycles. The maximum Gasteiger partial charge on any atom is 0.255 e. The third-order valence-electron chi connectivity index (χ3n) is 4.36. The lowest BCUT2D eigenvalue weighted by atomic mass is 10.1. The summed E-state index contributed by atoms with van der Waals surface area (Å²) in [5.74, 6) is -0.551. The number of fused-ring (bicyclic) bond motifs is 1. The van der Waals surface area contributed by atoms with Gasteiger partial charge in [0, 0.05) is 23.8 Å². The second kappa shape index (κ2) is 6.38. The SMILES string of the molecule is O=C(Nc1nc2c(s1)CN(C(=O)c1ccc(F)cc1Cl)CC2)C1CC1. The van der Waals surface area contributed by atoms with Gasteiger partial charge >= 0.3 is 0 Å². The van der Waals surface area contributed by atoms with Crippen molar-refractivity contribution in [3.63, 3.8) is 0 Å². The lowest BCUT2D eigenvalue weighted by molar-refractivity contribution is -0.117. The Hall–Kier alpha value is -1.99. The minimum absolute atomic E-state index is 0.0251. The molecular weight excluding hydrogens is 365 g/mol. The van der Waals surface area contributed by atoms with Crippen molar-refractivity contribution in [2.75, 3.05) is 11.9 Å². The van der Waals surface area contributed by atoms with Crippen LogP contribution in [0.3, 0.4) is 0 Å². The summed E-state index contributed by atoms with van der Waals surface area (Å²) in [6, 6.07) is 3.78. The van der Waals surface area contributed by atoms with E-state index in [9.17, 15) is 14.0 Å². The Morgan fingerprint density at radius 2 is 2.16 bits per heavy atom. The molecule has 25 heavy (non-hydrogen) atoms. The molecule has 8 heteroatoms. The average molecular weight is 380 g/mol. The van der Waals surface area contributed by atoms with E-state index >= 15 is 0 Å². The standard InChI is InChI=1S/C17H15ClFN3O2S/c18-12-7-10(19)3-4-11(12)16(24)22-6-5-13-14(8-22)25-17(20-13)21-15(23)9-1-2-9/h3-4,7,9H,1-2,5-6,8H2,(H,20,21,23). The highest BCUT2D eigenvalue weighted by atomic mass is 35.5. The van der Waals surface area contributed by atoms with Gasteiger partial charge in [-0.05, 0) is 31.0 Å². The van der Waals surface area contributed by atoms with E-state index in [4.69, 9.17) is 11.6 Å². The van der Waals surface area contributed by atoms with Crippen LogP contribution in [0.1, 0.15) is 33.8 Å². The number of nitrogens with zero attached hydrogens (tertiary/aromatic N) is 2. The van der Waals surface area contributed by atoms with Crippen LogP contribution in [0.4, 0.5) is 9.52 Å². The normalized spacial score (nSPS) is 16.5. The molecule has 0 unspecified atom stereocenters. The zero-order valence-corrected chi connectivity index (χ0v) is 14.8. The molecule has 130 valence electrons. The van der Waals surface area contributed by atoms with Crippen molar-refractivity contribution in [2.45, 2.75) is 25.8 Å². The minimum atomic E-state index is -0.471. The van der Waals surface area contributed by atoms with E-state index in [2.05, 4.69) is 10.3 Å². The first-order chi connectivity index (χ1) is 12.0. The van der Waals surface area contributed by atoms with Crippen LogP contribution in [0.25, 0.3) is 0 Å². The molecule has 1 saturated carbocycles. The molecule has 2 heterocycles. The van der Waals surface area contributed by atoms with Gasteiger partial charge in [0.25, 0.3) is 5.91 Å². The van der Waals surface area contributed by atoms with Gasteiger partial charge in [-0.15, -0.1) is 0 Å². The molecule has 2 aliphatic rings. The third kappa shape index (κ3) is 3.39. The number of nitrogens with one attached hydrogen (secondary N) is 1. The fraction of sp³-hybridized carbons (Fsp3) is 0.353. The number of aromatic nitrogens is 1. The number of hydrogen-bond acceptors (Lipinski definition) is 4. The first-order valence-corrected chi connectivity index (χ1v) is 9.24. The van der Waals surface area contributed by atoms with Crippen LogP contribution in [0, 0.1) is 11.7 Å². The molecule has 4 rings (SSSR count). The Bertz CT molecular complexity index is 866. The molecule has 2 amide bonds. The summed E-state index contributed by atoms with van der Waals surface area (Å²) in [4.78, 5) is 31.6. The fourth-order valence-electron chi connectivity index (χ4n) is 2.81. The van der Waals surface area contributed by atoms with Crippen LogP contribution in [0.5, 0.6) is 0 Å².